The van der Waals surface area contributed by atoms with Gasteiger partial charge in [0.2, 0.25) is 0 Å². The van der Waals surface area contributed by atoms with E-state index in [1.807, 2.05) is 4.72 Å². The van der Waals surface area contributed by atoms with Gasteiger partial charge in [-0.3, -0.25) is 0 Å². The lowest BCUT2D eigenvalue weighted by Gasteiger charge is -2.29. The molecule has 0 aromatic carbocycles. The Morgan fingerprint density at radius 2 is 1.90 bits per heavy atom. The second-order valence-corrected chi connectivity index (χ2v) is 7.37. The molecule has 0 amide bonds. The van der Waals surface area contributed by atoms with E-state index in [-0.39, 0.29) is 0 Å². The van der Waals surface area contributed by atoms with Crippen LogP contribution in [0.3, 0.4) is 0 Å². The summed E-state index contributed by atoms with van der Waals surface area (Å²) in [6.45, 7) is 4.55. The highest BCUT2D eigenvalue weighted by Crippen LogP contribution is 2.35. The minimum atomic E-state index is -4.75. The maximum atomic E-state index is 13.2. The van der Waals surface area contributed by atoms with Crippen molar-refractivity contribution in [3.8, 4) is 0 Å². The minimum Gasteiger partial charge on any atom is -0.598 e. The molecule has 1 aromatic rings. The summed E-state index contributed by atoms with van der Waals surface area (Å²) in [6, 6.07) is -1.66. The van der Waals surface area contributed by atoms with Crippen molar-refractivity contribution in [2.24, 2.45) is 0 Å². The van der Waals surface area contributed by atoms with E-state index in [2.05, 4.69) is 4.98 Å². The van der Waals surface area contributed by atoms with Crippen molar-refractivity contribution in [3.63, 3.8) is 0 Å². The number of halogens is 5. The molecule has 0 saturated carbocycles. The SMILES string of the molecule is CC(C)(C)[S+]([O-])N[C@@H](c1cnc(Cl)c(F)c1)C(F)(F)F. The zero-order chi connectivity index (χ0) is 15.7. The monoisotopic (exact) mass is 332 g/mol. The van der Waals surface area contributed by atoms with Crippen molar-refractivity contribution >= 4 is 23.0 Å². The normalized spacial score (nSPS) is 16.1. The fourth-order valence-electron chi connectivity index (χ4n) is 1.20. The molecule has 0 fully saturated rings. The van der Waals surface area contributed by atoms with Crippen LogP contribution in [-0.2, 0) is 11.4 Å². The third kappa shape index (κ3) is 4.47. The maximum Gasteiger partial charge on any atom is 0.412 e. The molecule has 0 aliphatic rings. The van der Waals surface area contributed by atoms with Gasteiger partial charge in [-0.1, -0.05) is 11.6 Å². The Hall–Kier alpha value is -0.570. The van der Waals surface area contributed by atoms with Gasteiger partial charge in [0, 0.05) is 23.1 Å². The van der Waals surface area contributed by atoms with E-state index in [0.29, 0.717) is 6.07 Å². The summed E-state index contributed by atoms with van der Waals surface area (Å²) in [5, 5.41) is -0.522. The maximum absolute atomic E-state index is 13.2. The van der Waals surface area contributed by atoms with Crippen molar-refractivity contribution in [2.45, 2.75) is 37.7 Å². The number of pyridine rings is 1. The molecule has 1 N–H and O–H groups in total. The molecule has 0 saturated heterocycles. The summed E-state index contributed by atoms with van der Waals surface area (Å²) >= 11 is 3.35. The average Bonchev–Trinajstić information content (AvgIpc) is 2.26. The van der Waals surface area contributed by atoms with Gasteiger partial charge in [-0.25, -0.2) is 9.37 Å². The van der Waals surface area contributed by atoms with Gasteiger partial charge in [-0.2, -0.15) is 13.2 Å². The predicted octanol–water partition coefficient (Wildman–Crippen LogP) is 3.53. The Bertz CT molecular complexity index is 478. The first-order chi connectivity index (χ1) is 8.93. The van der Waals surface area contributed by atoms with Gasteiger partial charge < -0.3 is 4.55 Å². The van der Waals surface area contributed by atoms with Crippen LogP contribution >= 0.6 is 11.6 Å². The number of hydrogen-bond donors (Lipinski definition) is 1. The lowest BCUT2D eigenvalue weighted by molar-refractivity contribution is -0.153. The quantitative estimate of drug-likeness (QED) is 0.523. The van der Waals surface area contributed by atoms with Gasteiger partial charge >= 0.3 is 6.18 Å². The lowest BCUT2D eigenvalue weighted by atomic mass is 10.1. The van der Waals surface area contributed by atoms with Crippen LogP contribution in [0.1, 0.15) is 32.4 Å². The van der Waals surface area contributed by atoms with Crippen LogP contribution in [0.5, 0.6) is 0 Å². The minimum absolute atomic E-state index is 0.489. The molecule has 0 aliphatic heterocycles. The second-order valence-electron chi connectivity index (χ2n) is 5.01. The average molecular weight is 333 g/mol. The van der Waals surface area contributed by atoms with Crippen molar-refractivity contribution < 1.29 is 22.1 Å². The number of hydrogen-bond acceptors (Lipinski definition) is 3. The van der Waals surface area contributed by atoms with E-state index >= 15 is 0 Å². The fraction of sp³-hybridized carbons (Fsp3) is 0.545. The van der Waals surface area contributed by atoms with Crippen molar-refractivity contribution in [1.29, 1.82) is 0 Å². The van der Waals surface area contributed by atoms with Crippen LogP contribution in [0.15, 0.2) is 12.3 Å². The summed E-state index contributed by atoms with van der Waals surface area (Å²) in [5.74, 6) is -1.07. The Balaban J connectivity index is 3.11. The van der Waals surface area contributed by atoms with Crippen molar-refractivity contribution in [3.05, 3.63) is 28.8 Å². The first-order valence-corrected chi connectivity index (χ1v) is 7.01. The standard InChI is InChI=1S/C11H13ClF4N2OS/c1-10(2,3)20(19)18-8(11(14,15)16)6-4-7(13)9(12)17-5-6/h4-5,8,18H,1-3H3/t8-,20?/m0/s1. The van der Waals surface area contributed by atoms with Crippen molar-refractivity contribution in [2.75, 3.05) is 0 Å². The van der Waals surface area contributed by atoms with Gasteiger partial charge in [-0.15, -0.1) is 4.72 Å². The van der Waals surface area contributed by atoms with Crippen LogP contribution in [0, 0.1) is 5.82 Å². The largest absolute Gasteiger partial charge is 0.598 e. The molecule has 1 aromatic heterocycles. The van der Waals surface area contributed by atoms with E-state index in [0.717, 1.165) is 6.20 Å². The van der Waals surface area contributed by atoms with Gasteiger partial charge in [-0.05, 0) is 26.8 Å². The molecule has 1 unspecified atom stereocenters. The molecule has 1 rings (SSSR count). The highest BCUT2D eigenvalue weighted by Gasteiger charge is 2.46. The summed E-state index contributed by atoms with van der Waals surface area (Å²) < 4.78 is 65.1. The van der Waals surface area contributed by atoms with Crippen LogP contribution in [0.2, 0.25) is 5.15 Å². The van der Waals surface area contributed by atoms with E-state index in [9.17, 15) is 22.1 Å². The molecule has 0 bridgehead atoms. The summed E-state index contributed by atoms with van der Waals surface area (Å²) in [4.78, 5) is 3.33. The zero-order valence-corrected chi connectivity index (χ0v) is 12.5. The molecule has 0 aliphatic carbocycles. The lowest BCUT2D eigenvalue weighted by Crippen LogP contribution is -2.45. The third-order valence-electron chi connectivity index (χ3n) is 2.26. The fourth-order valence-corrected chi connectivity index (χ4v) is 2.14. The molecule has 0 spiro atoms. The van der Waals surface area contributed by atoms with Crippen LogP contribution in [0.4, 0.5) is 17.6 Å². The number of nitrogens with one attached hydrogen (secondary N) is 1. The second kappa shape index (κ2) is 6.05. The van der Waals surface area contributed by atoms with Crippen LogP contribution in [-0.4, -0.2) is 20.5 Å². The first kappa shape index (κ1) is 17.5. The van der Waals surface area contributed by atoms with E-state index in [1.54, 1.807) is 0 Å². The van der Waals surface area contributed by atoms with Gasteiger partial charge in [0.05, 0.1) is 0 Å². The Morgan fingerprint density at radius 3 is 2.30 bits per heavy atom. The van der Waals surface area contributed by atoms with Gasteiger partial charge in [0.15, 0.2) is 17.0 Å². The smallest absolute Gasteiger partial charge is 0.412 e. The molecular weight excluding hydrogens is 320 g/mol. The molecule has 9 heteroatoms. The Kier molecular flexibility index (Phi) is 5.29. The van der Waals surface area contributed by atoms with E-state index in [4.69, 9.17) is 11.6 Å². The highest BCUT2D eigenvalue weighted by atomic mass is 35.5. The third-order valence-corrected chi connectivity index (χ3v) is 4.10. The van der Waals surface area contributed by atoms with Gasteiger partial charge in [0.25, 0.3) is 0 Å². The molecule has 2 atom stereocenters. The number of alkyl halides is 3. The van der Waals surface area contributed by atoms with E-state index in [1.165, 1.54) is 20.8 Å². The van der Waals surface area contributed by atoms with Crippen molar-refractivity contribution in [1.82, 2.24) is 9.71 Å². The highest BCUT2D eigenvalue weighted by molar-refractivity contribution is 7.90. The van der Waals surface area contributed by atoms with Crippen LogP contribution in [0.25, 0.3) is 0 Å². The van der Waals surface area contributed by atoms with Gasteiger partial charge in [0.1, 0.15) is 4.75 Å². The number of nitrogens with zero attached hydrogens (tertiary/aromatic N) is 1. The Morgan fingerprint density at radius 1 is 1.35 bits per heavy atom. The molecular formula is C11H13ClF4N2OS. The summed E-state index contributed by atoms with van der Waals surface area (Å²) in [5.41, 5.74) is -0.489. The molecule has 0 radical (unpaired) electrons. The summed E-state index contributed by atoms with van der Waals surface area (Å²) in [7, 11) is 0. The Labute approximate surface area is 122 Å². The first-order valence-electron chi connectivity index (χ1n) is 5.48. The number of rotatable bonds is 3. The molecule has 3 nitrogen and oxygen atoms in total. The number of aromatic nitrogens is 1. The van der Waals surface area contributed by atoms with E-state index < -0.39 is 44.9 Å². The zero-order valence-electron chi connectivity index (χ0n) is 10.9. The predicted molar refractivity (Wildman–Crippen MR) is 69.0 cm³/mol. The van der Waals surface area contributed by atoms with Crippen LogP contribution < -0.4 is 4.72 Å². The molecule has 114 valence electrons. The molecule has 20 heavy (non-hydrogen) atoms. The molecule has 1 heterocycles. The topological polar surface area (TPSA) is 48.0 Å². The summed E-state index contributed by atoms with van der Waals surface area (Å²) in [6.07, 6.45) is -3.95.